The van der Waals surface area contributed by atoms with E-state index in [4.69, 9.17) is 0 Å². The molecule has 1 aromatic carbocycles. The van der Waals surface area contributed by atoms with Gasteiger partial charge in [-0.2, -0.15) is 0 Å². The lowest BCUT2D eigenvalue weighted by molar-refractivity contribution is 0.0145. The number of nitrogens with zero attached hydrogens (tertiary/aromatic N) is 1. The van der Waals surface area contributed by atoms with Crippen molar-refractivity contribution in [1.82, 2.24) is 4.90 Å². The predicted octanol–water partition coefficient (Wildman–Crippen LogP) is 2.21. The Hall–Kier alpha value is -1.39. The van der Waals surface area contributed by atoms with E-state index in [1.54, 1.807) is 12.1 Å². The Morgan fingerprint density at radius 3 is 2.45 bits per heavy atom. The first-order valence-electron chi connectivity index (χ1n) is 7.11. The second kappa shape index (κ2) is 6.37. The Labute approximate surface area is 120 Å². The van der Waals surface area contributed by atoms with Crippen molar-refractivity contribution in [2.75, 3.05) is 20.7 Å². The van der Waals surface area contributed by atoms with Gasteiger partial charge in [0.1, 0.15) is 0 Å². The van der Waals surface area contributed by atoms with Crippen LogP contribution in [0.25, 0.3) is 0 Å². The highest BCUT2D eigenvalue weighted by atomic mass is 16.5. The number of ether oxygens (including phenoxy) is 1. The molecule has 1 aromatic rings. The second-order valence-corrected chi connectivity index (χ2v) is 5.79. The first-order chi connectivity index (χ1) is 9.52. The van der Waals surface area contributed by atoms with Crippen LogP contribution in [0.15, 0.2) is 24.3 Å². The zero-order valence-corrected chi connectivity index (χ0v) is 12.3. The molecule has 0 heterocycles. The minimum absolute atomic E-state index is 0.315. The highest BCUT2D eigenvalue weighted by Gasteiger charge is 2.31. The Morgan fingerprint density at radius 1 is 1.30 bits per heavy atom. The molecule has 0 radical (unpaired) electrons. The first-order valence-corrected chi connectivity index (χ1v) is 7.11. The molecular weight excluding hydrogens is 254 g/mol. The van der Waals surface area contributed by atoms with Gasteiger partial charge in [0.15, 0.2) is 0 Å². The molecule has 1 fully saturated rings. The summed E-state index contributed by atoms with van der Waals surface area (Å²) in [6.45, 7) is 1.47. The molecule has 0 aromatic heterocycles. The summed E-state index contributed by atoms with van der Waals surface area (Å²) in [6, 6.07) is 7.42. The average molecular weight is 277 g/mol. The largest absolute Gasteiger partial charge is 0.465 e. The fourth-order valence-electron chi connectivity index (χ4n) is 2.93. The van der Waals surface area contributed by atoms with E-state index in [-0.39, 0.29) is 5.97 Å². The van der Waals surface area contributed by atoms with E-state index < -0.39 is 5.60 Å². The molecular formula is C16H23NO3. The van der Waals surface area contributed by atoms with Crippen LogP contribution in [0, 0.1) is 0 Å². The van der Waals surface area contributed by atoms with Crippen molar-refractivity contribution in [3.05, 3.63) is 35.4 Å². The summed E-state index contributed by atoms with van der Waals surface area (Å²) in [4.78, 5) is 13.5. The van der Waals surface area contributed by atoms with E-state index in [0.29, 0.717) is 12.1 Å². The maximum absolute atomic E-state index is 11.4. The number of rotatable bonds is 5. The quantitative estimate of drug-likeness (QED) is 0.838. The van der Waals surface area contributed by atoms with Crippen molar-refractivity contribution >= 4 is 5.97 Å². The molecule has 1 saturated carbocycles. The monoisotopic (exact) mass is 277 g/mol. The molecule has 4 heteroatoms. The van der Waals surface area contributed by atoms with Gasteiger partial charge < -0.3 is 9.84 Å². The summed E-state index contributed by atoms with van der Waals surface area (Å²) in [7, 11) is 3.40. The number of methoxy groups -OCH3 is 1. The van der Waals surface area contributed by atoms with E-state index in [9.17, 15) is 9.90 Å². The Balaban J connectivity index is 1.90. The normalized spacial score (nSPS) is 17.4. The lowest BCUT2D eigenvalue weighted by Gasteiger charge is -2.28. The Kier molecular flexibility index (Phi) is 4.78. The van der Waals surface area contributed by atoms with E-state index in [1.807, 2.05) is 19.2 Å². The molecule has 4 nitrogen and oxygen atoms in total. The van der Waals surface area contributed by atoms with Gasteiger partial charge in [0.25, 0.3) is 0 Å². The van der Waals surface area contributed by atoms with Gasteiger partial charge in [-0.3, -0.25) is 4.90 Å². The van der Waals surface area contributed by atoms with Gasteiger partial charge in [0.2, 0.25) is 0 Å². The van der Waals surface area contributed by atoms with Crippen molar-refractivity contribution in [2.45, 2.75) is 37.8 Å². The van der Waals surface area contributed by atoms with E-state index in [1.165, 1.54) is 7.11 Å². The van der Waals surface area contributed by atoms with Crippen LogP contribution in [0.4, 0.5) is 0 Å². The number of carbonyl (C=O) groups is 1. The SMILES string of the molecule is COC(=O)c1ccc(CN(C)CC2(O)CCCC2)cc1. The maximum atomic E-state index is 11.4. The molecule has 0 spiro atoms. The van der Waals surface area contributed by atoms with Gasteiger partial charge in [-0.15, -0.1) is 0 Å². The Morgan fingerprint density at radius 2 is 1.90 bits per heavy atom. The number of esters is 1. The highest BCUT2D eigenvalue weighted by molar-refractivity contribution is 5.89. The molecule has 0 unspecified atom stereocenters. The van der Waals surface area contributed by atoms with Crippen LogP contribution in [0.1, 0.15) is 41.6 Å². The van der Waals surface area contributed by atoms with Crippen molar-refractivity contribution < 1.29 is 14.6 Å². The summed E-state index contributed by atoms with van der Waals surface area (Å²) < 4.78 is 4.68. The minimum Gasteiger partial charge on any atom is -0.465 e. The van der Waals surface area contributed by atoms with Crippen LogP contribution < -0.4 is 0 Å². The topological polar surface area (TPSA) is 49.8 Å². The van der Waals surface area contributed by atoms with Crippen LogP contribution in [0.5, 0.6) is 0 Å². The third-order valence-corrected chi connectivity index (χ3v) is 3.93. The van der Waals surface area contributed by atoms with Crippen LogP contribution in [0.3, 0.4) is 0 Å². The number of aliphatic hydroxyl groups is 1. The predicted molar refractivity (Wildman–Crippen MR) is 77.5 cm³/mol. The molecule has 0 aliphatic heterocycles. The number of carbonyl (C=O) groups excluding carboxylic acids is 1. The molecule has 1 aliphatic carbocycles. The van der Waals surface area contributed by atoms with Crippen molar-refractivity contribution in [3.63, 3.8) is 0 Å². The zero-order valence-electron chi connectivity index (χ0n) is 12.3. The summed E-state index contributed by atoms with van der Waals surface area (Å²) in [5.41, 5.74) is 1.18. The molecule has 0 saturated heterocycles. The summed E-state index contributed by atoms with van der Waals surface area (Å²) >= 11 is 0. The maximum Gasteiger partial charge on any atom is 0.337 e. The number of hydrogen-bond donors (Lipinski definition) is 1. The van der Waals surface area contributed by atoms with Crippen molar-refractivity contribution in [2.24, 2.45) is 0 Å². The third-order valence-electron chi connectivity index (χ3n) is 3.93. The van der Waals surface area contributed by atoms with Gasteiger partial charge in [0.05, 0.1) is 18.3 Å². The van der Waals surface area contributed by atoms with Crippen molar-refractivity contribution in [3.8, 4) is 0 Å². The molecule has 0 atom stereocenters. The number of likely N-dealkylation sites (N-methyl/N-ethyl adjacent to an activating group) is 1. The highest BCUT2D eigenvalue weighted by Crippen LogP contribution is 2.30. The van der Waals surface area contributed by atoms with Gasteiger partial charge in [0, 0.05) is 13.1 Å². The van der Waals surface area contributed by atoms with Gasteiger partial charge >= 0.3 is 5.97 Å². The van der Waals surface area contributed by atoms with E-state index in [0.717, 1.165) is 37.8 Å². The number of benzene rings is 1. The third kappa shape index (κ3) is 3.81. The summed E-state index contributed by atoms with van der Waals surface area (Å²) in [5.74, 6) is -0.315. The molecule has 0 bridgehead atoms. The van der Waals surface area contributed by atoms with Crippen LogP contribution in [0.2, 0.25) is 0 Å². The van der Waals surface area contributed by atoms with Gasteiger partial charge in [-0.05, 0) is 37.6 Å². The van der Waals surface area contributed by atoms with Crippen LogP contribution in [-0.2, 0) is 11.3 Å². The zero-order chi connectivity index (χ0) is 14.6. The van der Waals surface area contributed by atoms with Gasteiger partial charge in [-0.1, -0.05) is 25.0 Å². The first kappa shape index (κ1) is 15.0. The summed E-state index contributed by atoms with van der Waals surface area (Å²) in [6.07, 6.45) is 4.05. The van der Waals surface area contributed by atoms with Crippen LogP contribution >= 0.6 is 0 Å². The lowest BCUT2D eigenvalue weighted by Crippen LogP contribution is -2.38. The van der Waals surface area contributed by atoms with Gasteiger partial charge in [-0.25, -0.2) is 4.79 Å². The smallest absolute Gasteiger partial charge is 0.337 e. The molecule has 1 aliphatic rings. The molecule has 110 valence electrons. The standard InChI is InChI=1S/C16H23NO3/c1-17(12-16(19)9-3-4-10-16)11-13-5-7-14(8-6-13)15(18)20-2/h5-8,19H,3-4,9-12H2,1-2H3. The second-order valence-electron chi connectivity index (χ2n) is 5.79. The fraction of sp³-hybridized carbons (Fsp3) is 0.562. The molecule has 20 heavy (non-hydrogen) atoms. The fourth-order valence-corrected chi connectivity index (χ4v) is 2.93. The van der Waals surface area contributed by atoms with Crippen LogP contribution in [-0.4, -0.2) is 42.3 Å². The molecule has 0 amide bonds. The molecule has 2 rings (SSSR count). The lowest BCUT2D eigenvalue weighted by atomic mass is 10.0. The summed E-state index contributed by atoms with van der Waals surface area (Å²) in [5, 5.41) is 10.4. The van der Waals surface area contributed by atoms with Crippen molar-refractivity contribution in [1.29, 1.82) is 0 Å². The number of hydrogen-bond acceptors (Lipinski definition) is 4. The van der Waals surface area contributed by atoms with E-state index in [2.05, 4.69) is 9.64 Å². The minimum atomic E-state index is -0.513. The molecule has 1 N–H and O–H groups in total. The Bertz CT molecular complexity index is 449. The average Bonchev–Trinajstić information content (AvgIpc) is 2.84. The van der Waals surface area contributed by atoms with E-state index >= 15 is 0 Å².